The molecule has 7 heteroatoms. The lowest BCUT2D eigenvalue weighted by Crippen LogP contribution is -2.33. The van der Waals surface area contributed by atoms with Crippen LogP contribution in [0.1, 0.15) is 22.5 Å². The molecule has 0 aliphatic carbocycles. The van der Waals surface area contributed by atoms with E-state index in [4.69, 9.17) is 5.11 Å². The van der Waals surface area contributed by atoms with Crippen molar-refractivity contribution >= 4 is 17.6 Å². The molecule has 0 unspecified atom stereocenters. The number of aromatic amines is 2. The highest BCUT2D eigenvalue weighted by atomic mass is 16.4. The van der Waals surface area contributed by atoms with Crippen LogP contribution in [0.2, 0.25) is 0 Å². The van der Waals surface area contributed by atoms with E-state index < -0.39 is 17.6 Å². The predicted molar refractivity (Wildman–Crippen MR) is 76.5 cm³/mol. The molecule has 1 amide bonds. The minimum atomic E-state index is -0.998. The molecule has 0 bridgehead atoms. The van der Waals surface area contributed by atoms with E-state index in [2.05, 4.69) is 9.97 Å². The first kappa shape index (κ1) is 14.6. The molecule has 3 N–H and O–H groups in total. The Balaban J connectivity index is 2.30. The summed E-state index contributed by atoms with van der Waals surface area (Å²) < 4.78 is 0. The SMILES string of the molecule is Cc1ccc(N(CCC(=O)O)C(=O)c2c[nH]c(=O)[nH]2)cc1. The van der Waals surface area contributed by atoms with E-state index in [9.17, 15) is 14.4 Å². The van der Waals surface area contributed by atoms with Gasteiger partial charge in [0.05, 0.1) is 6.42 Å². The van der Waals surface area contributed by atoms with E-state index in [1.54, 1.807) is 12.1 Å². The van der Waals surface area contributed by atoms with E-state index in [0.29, 0.717) is 5.69 Å². The van der Waals surface area contributed by atoms with Gasteiger partial charge >= 0.3 is 11.7 Å². The number of hydrogen-bond donors (Lipinski definition) is 3. The first-order valence-electron chi connectivity index (χ1n) is 6.35. The van der Waals surface area contributed by atoms with Gasteiger partial charge in [-0.15, -0.1) is 0 Å². The van der Waals surface area contributed by atoms with Crippen molar-refractivity contribution in [1.29, 1.82) is 0 Å². The quantitative estimate of drug-likeness (QED) is 0.767. The topological polar surface area (TPSA) is 106 Å². The zero-order chi connectivity index (χ0) is 15.4. The summed E-state index contributed by atoms with van der Waals surface area (Å²) in [5, 5.41) is 8.81. The number of imidazole rings is 1. The Hall–Kier alpha value is -2.83. The fourth-order valence-electron chi connectivity index (χ4n) is 1.87. The number of rotatable bonds is 5. The number of carbonyl (C=O) groups excluding carboxylic acids is 1. The summed E-state index contributed by atoms with van der Waals surface area (Å²) in [4.78, 5) is 40.3. The Morgan fingerprint density at radius 3 is 2.43 bits per heavy atom. The van der Waals surface area contributed by atoms with Gasteiger partial charge in [-0.25, -0.2) is 4.79 Å². The van der Waals surface area contributed by atoms with Crippen molar-refractivity contribution in [3.63, 3.8) is 0 Å². The van der Waals surface area contributed by atoms with E-state index in [-0.39, 0.29) is 18.7 Å². The molecule has 1 aromatic carbocycles. The van der Waals surface area contributed by atoms with Gasteiger partial charge in [-0.2, -0.15) is 0 Å². The first-order chi connectivity index (χ1) is 9.97. The number of hydrogen-bond acceptors (Lipinski definition) is 3. The van der Waals surface area contributed by atoms with Crippen LogP contribution in [0.5, 0.6) is 0 Å². The molecule has 0 saturated carbocycles. The first-order valence-corrected chi connectivity index (χ1v) is 6.35. The summed E-state index contributed by atoms with van der Waals surface area (Å²) in [5.41, 5.74) is 1.21. The molecule has 1 aromatic heterocycles. The third-order valence-corrected chi connectivity index (χ3v) is 2.97. The van der Waals surface area contributed by atoms with Crippen molar-refractivity contribution in [1.82, 2.24) is 9.97 Å². The lowest BCUT2D eigenvalue weighted by atomic mass is 10.2. The van der Waals surface area contributed by atoms with Crippen LogP contribution >= 0.6 is 0 Å². The predicted octanol–water partition coefficient (Wildman–Crippen LogP) is 1.13. The summed E-state index contributed by atoms with van der Waals surface area (Å²) in [6.45, 7) is 1.93. The van der Waals surface area contributed by atoms with Crippen LogP contribution in [0.15, 0.2) is 35.3 Å². The number of benzene rings is 1. The molecule has 21 heavy (non-hydrogen) atoms. The van der Waals surface area contributed by atoms with Gasteiger partial charge in [-0.05, 0) is 19.1 Å². The van der Waals surface area contributed by atoms with Crippen LogP contribution in [0.3, 0.4) is 0 Å². The molecule has 2 aromatic rings. The number of carbonyl (C=O) groups is 2. The van der Waals surface area contributed by atoms with E-state index >= 15 is 0 Å². The van der Waals surface area contributed by atoms with Crippen molar-refractivity contribution in [2.75, 3.05) is 11.4 Å². The van der Waals surface area contributed by atoms with Gasteiger partial charge in [0.1, 0.15) is 5.69 Å². The number of carboxylic acids is 1. The van der Waals surface area contributed by atoms with Crippen LogP contribution in [0.4, 0.5) is 5.69 Å². The number of aliphatic carboxylic acids is 1. The smallest absolute Gasteiger partial charge is 0.323 e. The van der Waals surface area contributed by atoms with Crippen LogP contribution in [-0.4, -0.2) is 33.5 Å². The van der Waals surface area contributed by atoms with Gasteiger partial charge in [0.2, 0.25) is 0 Å². The van der Waals surface area contributed by atoms with Crippen molar-refractivity contribution in [2.24, 2.45) is 0 Å². The molecule has 110 valence electrons. The summed E-state index contributed by atoms with van der Waals surface area (Å²) >= 11 is 0. The second kappa shape index (κ2) is 6.08. The van der Waals surface area contributed by atoms with E-state index in [0.717, 1.165) is 5.56 Å². The number of carboxylic acid groups (broad SMARTS) is 1. The monoisotopic (exact) mass is 289 g/mol. The van der Waals surface area contributed by atoms with Crippen LogP contribution in [-0.2, 0) is 4.79 Å². The van der Waals surface area contributed by atoms with Gasteiger partial charge in [0, 0.05) is 18.4 Å². The highest BCUT2D eigenvalue weighted by Crippen LogP contribution is 2.17. The second-order valence-electron chi connectivity index (χ2n) is 4.59. The fraction of sp³-hybridized carbons (Fsp3) is 0.214. The Morgan fingerprint density at radius 2 is 1.90 bits per heavy atom. The summed E-state index contributed by atoms with van der Waals surface area (Å²) in [6, 6.07) is 7.13. The number of amides is 1. The maximum Gasteiger partial charge on any atom is 0.323 e. The lowest BCUT2D eigenvalue weighted by molar-refractivity contribution is -0.136. The van der Waals surface area contributed by atoms with Crippen molar-refractivity contribution in [3.05, 3.63) is 52.2 Å². The Labute approximate surface area is 120 Å². The van der Waals surface area contributed by atoms with Crippen LogP contribution in [0, 0.1) is 6.92 Å². The fourth-order valence-corrected chi connectivity index (χ4v) is 1.87. The molecule has 7 nitrogen and oxygen atoms in total. The van der Waals surface area contributed by atoms with Gasteiger partial charge in [-0.3, -0.25) is 9.59 Å². The Kier molecular flexibility index (Phi) is 4.22. The maximum atomic E-state index is 12.4. The summed E-state index contributed by atoms with van der Waals surface area (Å²) in [6.07, 6.45) is 1.08. The molecule has 0 atom stereocenters. The molecule has 0 fully saturated rings. The molecule has 1 heterocycles. The Bertz CT molecular complexity index is 700. The Morgan fingerprint density at radius 1 is 1.24 bits per heavy atom. The van der Waals surface area contributed by atoms with Crippen molar-refractivity contribution in [3.8, 4) is 0 Å². The van der Waals surface area contributed by atoms with Gasteiger partial charge in [-0.1, -0.05) is 17.7 Å². The molecular weight excluding hydrogens is 274 g/mol. The molecule has 0 saturated heterocycles. The number of nitrogens with zero attached hydrogens (tertiary/aromatic N) is 1. The number of aryl methyl sites for hydroxylation is 1. The molecule has 2 rings (SSSR count). The molecule has 0 radical (unpaired) electrons. The van der Waals surface area contributed by atoms with Crippen LogP contribution in [0.25, 0.3) is 0 Å². The third kappa shape index (κ3) is 3.59. The number of anilines is 1. The molecule has 0 spiro atoms. The van der Waals surface area contributed by atoms with Gasteiger partial charge in [0.15, 0.2) is 0 Å². The minimum absolute atomic E-state index is 0.0183. The highest BCUT2D eigenvalue weighted by molar-refractivity contribution is 6.04. The maximum absolute atomic E-state index is 12.4. The van der Waals surface area contributed by atoms with Gasteiger partial charge < -0.3 is 20.0 Å². The average Bonchev–Trinajstić information content (AvgIpc) is 2.87. The third-order valence-electron chi connectivity index (χ3n) is 2.97. The minimum Gasteiger partial charge on any atom is -0.481 e. The second-order valence-corrected chi connectivity index (χ2v) is 4.59. The number of nitrogens with one attached hydrogen (secondary N) is 2. The van der Waals surface area contributed by atoms with Gasteiger partial charge in [0.25, 0.3) is 5.91 Å². The van der Waals surface area contributed by atoms with E-state index in [1.165, 1.54) is 11.1 Å². The average molecular weight is 289 g/mol. The van der Waals surface area contributed by atoms with Crippen LogP contribution < -0.4 is 10.6 Å². The lowest BCUT2D eigenvalue weighted by Gasteiger charge is -2.21. The largest absolute Gasteiger partial charge is 0.481 e. The number of aromatic nitrogens is 2. The standard InChI is InChI=1S/C14H15N3O4/c1-9-2-4-10(5-3-9)17(7-6-12(18)19)13(20)11-8-15-14(21)16-11/h2-5,8H,6-7H2,1H3,(H,18,19)(H2,15,16,21). The zero-order valence-electron chi connectivity index (χ0n) is 11.4. The summed E-state index contributed by atoms with van der Waals surface area (Å²) in [7, 11) is 0. The molecular formula is C14H15N3O4. The van der Waals surface area contributed by atoms with Crippen molar-refractivity contribution in [2.45, 2.75) is 13.3 Å². The molecule has 0 aliphatic heterocycles. The highest BCUT2D eigenvalue weighted by Gasteiger charge is 2.20. The normalized spacial score (nSPS) is 10.3. The zero-order valence-corrected chi connectivity index (χ0v) is 11.4. The number of H-pyrrole nitrogens is 2. The molecule has 0 aliphatic rings. The van der Waals surface area contributed by atoms with E-state index in [1.807, 2.05) is 19.1 Å². The summed E-state index contributed by atoms with van der Waals surface area (Å²) in [5.74, 6) is -1.46. The van der Waals surface area contributed by atoms with Crippen molar-refractivity contribution < 1.29 is 14.7 Å².